The number of likely N-dealkylation sites (N-methyl/N-ethyl adjacent to an activating group) is 1. The zero-order valence-electron chi connectivity index (χ0n) is 15.9. The van der Waals surface area contributed by atoms with E-state index >= 15 is 0 Å². The maximum atomic E-state index is 12.3. The van der Waals surface area contributed by atoms with E-state index in [4.69, 9.17) is 0 Å². The second-order valence-electron chi connectivity index (χ2n) is 6.89. The number of amides is 1. The van der Waals surface area contributed by atoms with Crippen LogP contribution in [0.4, 0.5) is 5.69 Å². The number of hydrogen-bond donors (Lipinski definition) is 1. The molecular weight excluding hydrogens is 422 g/mol. The lowest BCUT2D eigenvalue weighted by Crippen LogP contribution is -2.45. The van der Waals surface area contributed by atoms with Gasteiger partial charge in [-0.1, -0.05) is 34.1 Å². The predicted molar refractivity (Wildman–Crippen MR) is 118 cm³/mol. The molecule has 1 amide bonds. The molecule has 1 fully saturated rings. The monoisotopic (exact) mass is 447 g/mol. The Morgan fingerprint density at radius 2 is 1.89 bits per heavy atom. The quantitative estimate of drug-likeness (QED) is 0.680. The summed E-state index contributed by atoms with van der Waals surface area (Å²) in [5.74, 6) is 0.495. The van der Waals surface area contributed by atoms with Crippen LogP contribution in [0.2, 0.25) is 0 Å². The van der Waals surface area contributed by atoms with Gasteiger partial charge in [-0.15, -0.1) is 11.8 Å². The molecule has 0 radical (unpaired) electrons. The molecule has 1 N–H and O–H groups in total. The van der Waals surface area contributed by atoms with Crippen LogP contribution in [0.25, 0.3) is 0 Å². The summed E-state index contributed by atoms with van der Waals surface area (Å²) in [5.41, 5.74) is 3.60. The Bertz CT molecular complexity index is 791. The van der Waals surface area contributed by atoms with Crippen molar-refractivity contribution in [1.82, 2.24) is 10.2 Å². The Hall–Kier alpha value is -1.50. The molecule has 0 aliphatic carbocycles. The van der Waals surface area contributed by atoms with E-state index in [1.54, 1.807) is 11.8 Å². The first kappa shape index (κ1) is 20.2. The first-order valence-corrected chi connectivity index (χ1v) is 11.0. The Labute approximate surface area is 174 Å². The molecule has 4 nitrogen and oxygen atoms in total. The molecule has 3 rings (SSSR count). The van der Waals surface area contributed by atoms with Crippen molar-refractivity contribution in [3.8, 4) is 0 Å². The molecular formula is C21H26BrN3OS. The number of nitrogens with one attached hydrogen (secondary N) is 1. The van der Waals surface area contributed by atoms with Crippen LogP contribution in [-0.4, -0.2) is 49.8 Å². The minimum atomic E-state index is 0.0653. The van der Waals surface area contributed by atoms with Gasteiger partial charge in [-0.05, 0) is 49.4 Å². The molecule has 0 aromatic heterocycles. The number of carbonyl (C=O) groups excluding carboxylic acids is 1. The highest BCUT2D eigenvalue weighted by molar-refractivity contribution is 9.10. The Morgan fingerprint density at radius 1 is 1.15 bits per heavy atom. The third-order valence-corrected chi connectivity index (χ3v) is 6.48. The van der Waals surface area contributed by atoms with Crippen LogP contribution >= 0.6 is 27.7 Å². The minimum absolute atomic E-state index is 0.0653. The van der Waals surface area contributed by atoms with Gasteiger partial charge in [0.05, 0.1) is 5.75 Å². The van der Waals surface area contributed by atoms with Gasteiger partial charge in [0.1, 0.15) is 0 Å². The zero-order chi connectivity index (χ0) is 19.2. The number of nitrogens with zero attached hydrogens (tertiary/aromatic N) is 2. The largest absolute Gasteiger partial charge is 0.369 e. The maximum absolute atomic E-state index is 12.3. The van der Waals surface area contributed by atoms with Gasteiger partial charge in [-0.25, -0.2) is 0 Å². The van der Waals surface area contributed by atoms with Gasteiger partial charge in [-0.3, -0.25) is 4.79 Å². The molecule has 0 unspecified atom stereocenters. The first-order valence-electron chi connectivity index (χ1n) is 9.20. The SMILES string of the molecule is Cc1cc(Br)ccc1SCC(=O)NCc1ccccc1N1CCN(C)CC1. The number of rotatable bonds is 6. The molecule has 1 aliphatic rings. The zero-order valence-corrected chi connectivity index (χ0v) is 18.3. The molecule has 1 aliphatic heterocycles. The van der Waals surface area contributed by atoms with Gasteiger partial charge in [0, 0.05) is 47.8 Å². The van der Waals surface area contributed by atoms with E-state index in [1.165, 1.54) is 16.8 Å². The van der Waals surface area contributed by atoms with Crippen LogP contribution in [0, 0.1) is 6.92 Å². The Balaban J connectivity index is 1.54. The van der Waals surface area contributed by atoms with Crippen molar-refractivity contribution in [1.29, 1.82) is 0 Å². The fraction of sp³-hybridized carbons (Fsp3) is 0.381. The van der Waals surface area contributed by atoms with Crippen LogP contribution in [0.1, 0.15) is 11.1 Å². The summed E-state index contributed by atoms with van der Waals surface area (Å²) < 4.78 is 1.06. The van der Waals surface area contributed by atoms with E-state index in [2.05, 4.69) is 75.3 Å². The summed E-state index contributed by atoms with van der Waals surface area (Å²) in [5, 5.41) is 3.08. The normalized spacial score (nSPS) is 15.0. The highest BCUT2D eigenvalue weighted by Crippen LogP contribution is 2.25. The van der Waals surface area contributed by atoms with E-state index in [9.17, 15) is 4.79 Å². The number of aryl methyl sites for hydroxylation is 1. The van der Waals surface area contributed by atoms with Crippen molar-refractivity contribution < 1.29 is 4.79 Å². The maximum Gasteiger partial charge on any atom is 0.230 e. The van der Waals surface area contributed by atoms with Crippen LogP contribution < -0.4 is 10.2 Å². The summed E-state index contributed by atoms with van der Waals surface area (Å²) in [7, 11) is 2.16. The fourth-order valence-electron chi connectivity index (χ4n) is 3.18. The molecule has 0 bridgehead atoms. The number of hydrogen-bond acceptors (Lipinski definition) is 4. The lowest BCUT2D eigenvalue weighted by molar-refractivity contribution is -0.118. The number of anilines is 1. The molecule has 1 saturated heterocycles. The minimum Gasteiger partial charge on any atom is -0.369 e. The van der Waals surface area contributed by atoms with Gasteiger partial charge in [-0.2, -0.15) is 0 Å². The van der Waals surface area contributed by atoms with Gasteiger partial charge in [0.15, 0.2) is 0 Å². The Morgan fingerprint density at radius 3 is 2.63 bits per heavy atom. The predicted octanol–water partition coefficient (Wildman–Crippen LogP) is 3.92. The number of thioether (sulfide) groups is 1. The third-order valence-electron chi connectivity index (χ3n) is 4.81. The van der Waals surface area contributed by atoms with Crippen molar-refractivity contribution in [3.05, 3.63) is 58.1 Å². The van der Waals surface area contributed by atoms with Crippen molar-refractivity contribution in [3.63, 3.8) is 0 Å². The van der Waals surface area contributed by atoms with Crippen molar-refractivity contribution in [2.45, 2.75) is 18.4 Å². The summed E-state index contributed by atoms with van der Waals surface area (Å²) >= 11 is 5.06. The van der Waals surface area contributed by atoms with Gasteiger partial charge in [0.2, 0.25) is 5.91 Å². The summed E-state index contributed by atoms with van der Waals surface area (Å²) in [6.07, 6.45) is 0. The number of carbonyl (C=O) groups is 1. The smallest absolute Gasteiger partial charge is 0.230 e. The van der Waals surface area contributed by atoms with Crippen LogP contribution in [0.15, 0.2) is 51.8 Å². The van der Waals surface area contributed by atoms with Crippen LogP contribution in [-0.2, 0) is 11.3 Å². The van der Waals surface area contributed by atoms with Crippen molar-refractivity contribution in [2.75, 3.05) is 43.9 Å². The standard InChI is InChI=1S/C21H26BrN3OS/c1-16-13-18(22)7-8-20(16)27-15-21(26)23-14-17-5-3-4-6-19(17)25-11-9-24(2)10-12-25/h3-8,13H,9-12,14-15H2,1-2H3,(H,23,26). The molecule has 2 aromatic carbocycles. The molecule has 1 heterocycles. The molecule has 0 spiro atoms. The number of halogens is 1. The first-order chi connectivity index (χ1) is 13.0. The molecule has 2 aromatic rings. The second kappa shape index (κ2) is 9.62. The van der Waals surface area contributed by atoms with Crippen LogP contribution in [0.5, 0.6) is 0 Å². The third kappa shape index (κ3) is 5.74. The van der Waals surface area contributed by atoms with Crippen LogP contribution in [0.3, 0.4) is 0 Å². The lowest BCUT2D eigenvalue weighted by atomic mass is 10.1. The van der Waals surface area contributed by atoms with E-state index in [1.807, 2.05) is 12.1 Å². The molecule has 144 valence electrons. The molecule has 0 saturated carbocycles. The molecule has 6 heteroatoms. The number of piperazine rings is 1. The highest BCUT2D eigenvalue weighted by atomic mass is 79.9. The van der Waals surface area contributed by atoms with E-state index in [0.717, 1.165) is 35.5 Å². The fourth-order valence-corrected chi connectivity index (χ4v) is 4.49. The van der Waals surface area contributed by atoms with E-state index < -0.39 is 0 Å². The van der Waals surface area contributed by atoms with Gasteiger partial charge in [0.25, 0.3) is 0 Å². The van der Waals surface area contributed by atoms with Gasteiger partial charge >= 0.3 is 0 Å². The topological polar surface area (TPSA) is 35.6 Å². The summed E-state index contributed by atoms with van der Waals surface area (Å²) in [6.45, 7) is 6.84. The average Bonchev–Trinajstić information content (AvgIpc) is 2.66. The number of benzene rings is 2. The second-order valence-corrected chi connectivity index (χ2v) is 8.83. The highest BCUT2D eigenvalue weighted by Gasteiger charge is 2.17. The van der Waals surface area contributed by atoms with E-state index in [-0.39, 0.29) is 5.91 Å². The summed E-state index contributed by atoms with van der Waals surface area (Å²) in [6, 6.07) is 14.5. The Kier molecular flexibility index (Phi) is 7.21. The molecule has 0 atom stereocenters. The van der Waals surface area contributed by atoms with Crippen molar-refractivity contribution in [2.24, 2.45) is 0 Å². The van der Waals surface area contributed by atoms with Crippen molar-refractivity contribution >= 4 is 39.3 Å². The average molecular weight is 448 g/mol. The van der Waals surface area contributed by atoms with E-state index in [0.29, 0.717) is 12.3 Å². The van der Waals surface area contributed by atoms with Gasteiger partial charge < -0.3 is 15.1 Å². The molecule has 27 heavy (non-hydrogen) atoms. The lowest BCUT2D eigenvalue weighted by Gasteiger charge is -2.35. The number of para-hydroxylation sites is 1. The summed E-state index contributed by atoms with van der Waals surface area (Å²) in [4.78, 5) is 18.2.